The summed E-state index contributed by atoms with van der Waals surface area (Å²) in [4.78, 5) is 13.3. The summed E-state index contributed by atoms with van der Waals surface area (Å²) in [5.74, 6) is -0.0847. The molecule has 3 nitrogen and oxygen atoms in total. The summed E-state index contributed by atoms with van der Waals surface area (Å²) in [7, 11) is 0. The molecule has 2 aromatic rings. The first-order chi connectivity index (χ1) is 10.2. The van der Waals surface area contributed by atoms with Crippen molar-refractivity contribution >= 4 is 29.0 Å². The van der Waals surface area contributed by atoms with E-state index in [9.17, 15) is 4.79 Å². The van der Waals surface area contributed by atoms with E-state index in [4.69, 9.17) is 0 Å². The smallest absolute Gasteiger partial charge is 0.255 e. The summed E-state index contributed by atoms with van der Waals surface area (Å²) < 4.78 is 0. The number of carbonyl (C=O) groups excluding carboxylic acids is 1. The molecule has 0 atom stereocenters. The molecule has 0 aliphatic rings. The fourth-order valence-corrected chi connectivity index (χ4v) is 2.50. The van der Waals surface area contributed by atoms with E-state index in [2.05, 4.69) is 17.6 Å². The van der Waals surface area contributed by atoms with Crippen LogP contribution in [-0.4, -0.2) is 18.7 Å². The molecule has 0 heterocycles. The molecule has 0 spiro atoms. The molecular weight excluding hydrogens is 280 g/mol. The normalized spacial score (nSPS) is 10.2. The Morgan fingerprint density at radius 3 is 2.48 bits per heavy atom. The predicted octanol–water partition coefficient (Wildman–Crippen LogP) is 4.48. The minimum atomic E-state index is -0.0847. The van der Waals surface area contributed by atoms with Crippen molar-refractivity contribution in [1.29, 1.82) is 0 Å². The van der Waals surface area contributed by atoms with Gasteiger partial charge in [-0.1, -0.05) is 19.1 Å². The summed E-state index contributed by atoms with van der Waals surface area (Å²) in [5, 5.41) is 6.25. The molecule has 0 bridgehead atoms. The summed E-state index contributed by atoms with van der Waals surface area (Å²) >= 11 is 1.62. The van der Waals surface area contributed by atoms with Gasteiger partial charge in [0.1, 0.15) is 0 Å². The van der Waals surface area contributed by atoms with Crippen LogP contribution in [-0.2, 0) is 0 Å². The van der Waals surface area contributed by atoms with Crippen molar-refractivity contribution in [3.63, 3.8) is 0 Å². The Morgan fingerprint density at radius 1 is 1.10 bits per heavy atom. The number of benzene rings is 2. The van der Waals surface area contributed by atoms with E-state index in [1.54, 1.807) is 11.8 Å². The third-order valence-corrected chi connectivity index (χ3v) is 3.88. The highest BCUT2D eigenvalue weighted by Crippen LogP contribution is 2.25. The maximum absolute atomic E-state index is 12.3. The van der Waals surface area contributed by atoms with Crippen LogP contribution in [0.1, 0.15) is 23.7 Å². The van der Waals surface area contributed by atoms with Gasteiger partial charge in [-0.15, -0.1) is 11.8 Å². The minimum absolute atomic E-state index is 0.0847. The van der Waals surface area contributed by atoms with Crippen molar-refractivity contribution in [1.82, 2.24) is 0 Å². The van der Waals surface area contributed by atoms with Crippen LogP contribution in [0.3, 0.4) is 0 Å². The van der Waals surface area contributed by atoms with Gasteiger partial charge in [0.25, 0.3) is 5.91 Å². The van der Waals surface area contributed by atoms with E-state index < -0.39 is 0 Å². The second-order valence-corrected chi connectivity index (χ2v) is 5.51. The molecule has 1 amide bonds. The molecule has 21 heavy (non-hydrogen) atoms. The number of carbonyl (C=O) groups is 1. The molecule has 4 heteroatoms. The van der Waals surface area contributed by atoms with Crippen LogP contribution in [0.15, 0.2) is 53.4 Å². The highest BCUT2D eigenvalue weighted by atomic mass is 32.2. The molecule has 0 unspecified atom stereocenters. The van der Waals surface area contributed by atoms with Gasteiger partial charge in [0, 0.05) is 22.7 Å². The molecule has 0 aliphatic carbocycles. The van der Waals surface area contributed by atoms with Gasteiger partial charge in [-0.3, -0.25) is 4.79 Å². The largest absolute Gasteiger partial charge is 0.385 e. The standard InChI is InChI=1S/C17H20N2OS/c1-3-12-18-14-10-8-13(9-11-14)17(20)19-15-6-4-5-7-16(15)21-2/h4-11,18H,3,12H2,1-2H3,(H,19,20). The molecule has 0 fully saturated rings. The lowest BCUT2D eigenvalue weighted by atomic mass is 10.2. The van der Waals surface area contributed by atoms with Crippen molar-refractivity contribution < 1.29 is 4.79 Å². The monoisotopic (exact) mass is 300 g/mol. The fourth-order valence-electron chi connectivity index (χ4n) is 1.95. The summed E-state index contributed by atoms with van der Waals surface area (Å²) in [5.41, 5.74) is 2.55. The number of rotatable bonds is 6. The van der Waals surface area contributed by atoms with E-state index in [0.717, 1.165) is 29.2 Å². The van der Waals surface area contributed by atoms with Crippen molar-refractivity contribution in [3.05, 3.63) is 54.1 Å². The molecule has 110 valence electrons. The number of anilines is 2. The third kappa shape index (κ3) is 4.26. The van der Waals surface area contributed by atoms with Gasteiger partial charge in [-0.25, -0.2) is 0 Å². The van der Waals surface area contributed by atoms with Gasteiger partial charge >= 0.3 is 0 Å². The number of hydrogen-bond acceptors (Lipinski definition) is 3. The van der Waals surface area contributed by atoms with Gasteiger partial charge < -0.3 is 10.6 Å². The SMILES string of the molecule is CCCNc1ccc(C(=O)Nc2ccccc2SC)cc1. The molecule has 0 saturated heterocycles. The zero-order valence-corrected chi connectivity index (χ0v) is 13.2. The third-order valence-electron chi connectivity index (χ3n) is 3.08. The van der Waals surface area contributed by atoms with Gasteiger partial charge in [0.2, 0.25) is 0 Å². The van der Waals surface area contributed by atoms with E-state index in [-0.39, 0.29) is 5.91 Å². The van der Waals surface area contributed by atoms with Crippen molar-refractivity contribution in [3.8, 4) is 0 Å². The Bertz CT molecular complexity index is 596. The number of thioether (sulfide) groups is 1. The van der Waals surface area contributed by atoms with Crippen molar-refractivity contribution in [2.24, 2.45) is 0 Å². The molecule has 0 radical (unpaired) electrons. The lowest BCUT2D eigenvalue weighted by molar-refractivity contribution is 0.102. The zero-order valence-electron chi connectivity index (χ0n) is 12.3. The Hall–Kier alpha value is -1.94. The maximum atomic E-state index is 12.3. The summed E-state index contributed by atoms with van der Waals surface area (Å²) in [6, 6.07) is 15.4. The first-order valence-electron chi connectivity index (χ1n) is 7.03. The average Bonchev–Trinajstić information content (AvgIpc) is 2.54. The first-order valence-corrected chi connectivity index (χ1v) is 8.25. The van der Waals surface area contributed by atoms with Crippen molar-refractivity contribution in [2.75, 3.05) is 23.4 Å². The second-order valence-electron chi connectivity index (χ2n) is 4.66. The van der Waals surface area contributed by atoms with Crippen LogP contribution >= 0.6 is 11.8 Å². The van der Waals surface area contributed by atoms with E-state index in [0.29, 0.717) is 5.56 Å². The molecular formula is C17H20N2OS. The van der Waals surface area contributed by atoms with E-state index in [1.165, 1.54) is 0 Å². The number of hydrogen-bond donors (Lipinski definition) is 2. The van der Waals surface area contributed by atoms with Crippen LogP contribution in [0.4, 0.5) is 11.4 Å². The number of amides is 1. The molecule has 2 aromatic carbocycles. The Kier molecular flexibility index (Phi) is 5.69. The maximum Gasteiger partial charge on any atom is 0.255 e. The number of nitrogens with one attached hydrogen (secondary N) is 2. The summed E-state index contributed by atoms with van der Waals surface area (Å²) in [6.07, 6.45) is 3.08. The van der Waals surface area contributed by atoms with Crippen LogP contribution in [0, 0.1) is 0 Å². The Labute approximate surface area is 130 Å². The quantitative estimate of drug-likeness (QED) is 0.773. The van der Waals surface area contributed by atoms with Gasteiger partial charge in [0.15, 0.2) is 0 Å². The molecule has 0 aromatic heterocycles. The van der Waals surface area contributed by atoms with Crippen LogP contribution < -0.4 is 10.6 Å². The van der Waals surface area contributed by atoms with E-state index in [1.807, 2.05) is 54.8 Å². The Morgan fingerprint density at radius 2 is 1.81 bits per heavy atom. The second kappa shape index (κ2) is 7.74. The number of para-hydroxylation sites is 1. The summed E-state index contributed by atoms with van der Waals surface area (Å²) in [6.45, 7) is 3.06. The van der Waals surface area contributed by atoms with Crippen LogP contribution in [0.25, 0.3) is 0 Å². The topological polar surface area (TPSA) is 41.1 Å². The molecule has 0 aliphatic heterocycles. The van der Waals surface area contributed by atoms with Crippen LogP contribution in [0.2, 0.25) is 0 Å². The highest BCUT2D eigenvalue weighted by molar-refractivity contribution is 7.98. The van der Waals surface area contributed by atoms with E-state index >= 15 is 0 Å². The molecule has 2 N–H and O–H groups in total. The fraction of sp³-hybridized carbons (Fsp3) is 0.235. The van der Waals surface area contributed by atoms with Crippen molar-refractivity contribution in [2.45, 2.75) is 18.2 Å². The minimum Gasteiger partial charge on any atom is -0.385 e. The zero-order chi connectivity index (χ0) is 15.1. The lowest BCUT2D eigenvalue weighted by Gasteiger charge is -2.10. The molecule has 0 saturated carbocycles. The van der Waals surface area contributed by atoms with Gasteiger partial charge in [-0.05, 0) is 49.1 Å². The van der Waals surface area contributed by atoms with Gasteiger partial charge in [-0.2, -0.15) is 0 Å². The Balaban J connectivity index is 2.06. The molecule has 2 rings (SSSR count). The average molecular weight is 300 g/mol. The first kappa shape index (κ1) is 15.4. The van der Waals surface area contributed by atoms with Gasteiger partial charge in [0.05, 0.1) is 5.69 Å². The lowest BCUT2D eigenvalue weighted by Crippen LogP contribution is -2.12. The predicted molar refractivity (Wildman–Crippen MR) is 91.4 cm³/mol. The van der Waals surface area contributed by atoms with Crippen LogP contribution in [0.5, 0.6) is 0 Å². The highest BCUT2D eigenvalue weighted by Gasteiger charge is 2.08.